The van der Waals surface area contributed by atoms with E-state index in [1.807, 2.05) is 6.20 Å². The number of amides is 3. The number of aromatic amines is 1. The van der Waals surface area contributed by atoms with Gasteiger partial charge in [0.05, 0.1) is 6.33 Å². The van der Waals surface area contributed by atoms with Gasteiger partial charge in [-0.25, -0.2) is 9.37 Å². The van der Waals surface area contributed by atoms with Crippen LogP contribution in [0.15, 0.2) is 24.7 Å². The number of nitrogens with one attached hydrogen (secondary N) is 2. The maximum Gasteiger partial charge on any atom is 0.255 e. The monoisotopic (exact) mass is 425 g/mol. The summed E-state index contributed by atoms with van der Waals surface area (Å²) in [5.74, 6) is -1.36. The molecule has 1 aromatic heterocycles. The molecule has 2 saturated heterocycles. The smallest absolute Gasteiger partial charge is 0.255 e. The van der Waals surface area contributed by atoms with Crippen LogP contribution in [0.1, 0.15) is 58.8 Å². The molecule has 0 aliphatic carbocycles. The van der Waals surface area contributed by atoms with E-state index >= 15 is 0 Å². The average molecular weight is 425 g/mol. The molecule has 1 atom stereocenters. The number of likely N-dealkylation sites (tertiary alicyclic amines) is 1. The Morgan fingerprint density at radius 3 is 2.65 bits per heavy atom. The molecule has 3 aliphatic rings. The Morgan fingerprint density at radius 2 is 1.94 bits per heavy atom. The van der Waals surface area contributed by atoms with E-state index < -0.39 is 17.8 Å². The number of carbonyl (C=O) groups excluding carboxylic acids is 3. The van der Waals surface area contributed by atoms with E-state index in [9.17, 15) is 18.8 Å². The molecule has 1 aromatic carbocycles. The van der Waals surface area contributed by atoms with Crippen LogP contribution < -0.4 is 5.32 Å². The van der Waals surface area contributed by atoms with Crippen LogP contribution >= 0.6 is 0 Å². The largest absolute Gasteiger partial charge is 0.347 e. The van der Waals surface area contributed by atoms with Crippen LogP contribution in [0.5, 0.6) is 0 Å². The zero-order valence-electron chi connectivity index (χ0n) is 17.1. The molecule has 0 saturated carbocycles. The second-order valence-electron chi connectivity index (χ2n) is 8.55. The molecule has 5 rings (SSSR count). The van der Waals surface area contributed by atoms with Gasteiger partial charge in [-0.15, -0.1) is 0 Å². The molecule has 3 aliphatic heterocycles. The van der Waals surface area contributed by atoms with Crippen LogP contribution in [0.2, 0.25) is 0 Å². The molecule has 1 unspecified atom stereocenters. The van der Waals surface area contributed by atoms with Crippen LogP contribution in [-0.2, 0) is 22.7 Å². The first-order valence-corrected chi connectivity index (χ1v) is 10.7. The van der Waals surface area contributed by atoms with Crippen LogP contribution in [0, 0.1) is 5.82 Å². The number of hydrogen-bond acceptors (Lipinski definition) is 5. The first kappa shape index (κ1) is 19.9. The molecular weight excluding hydrogens is 401 g/mol. The van der Waals surface area contributed by atoms with Gasteiger partial charge in [0.1, 0.15) is 11.9 Å². The summed E-state index contributed by atoms with van der Waals surface area (Å²) in [6, 6.07) is 2.14. The lowest BCUT2D eigenvalue weighted by molar-refractivity contribution is -0.136. The Kier molecular flexibility index (Phi) is 5.05. The highest BCUT2D eigenvalue weighted by Crippen LogP contribution is 2.37. The second kappa shape index (κ2) is 7.88. The standard InChI is InChI=1S/C22H24FN5O3/c23-14-7-16(13-3-5-27(6-4-13)10-15-9-24-12-25-15)18-11-28(22(31)17(18)8-14)19-1-2-20(29)26-21(19)30/h7-9,12-13,19H,1-6,10-11H2,(H,24,25)(H,26,29,30). The van der Waals surface area contributed by atoms with Crippen molar-refractivity contribution in [2.45, 2.75) is 50.7 Å². The topological polar surface area (TPSA) is 98.4 Å². The summed E-state index contributed by atoms with van der Waals surface area (Å²) in [5.41, 5.74) is 3.11. The molecule has 0 spiro atoms. The molecule has 0 bridgehead atoms. The first-order valence-electron chi connectivity index (χ1n) is 10.7. The Bertz CT molecular complexity index is 1030. The third-order valence-corrected chi connectivity index (χ3v) is 6.63. The number of H-pyrrole nitrogens is 1. The van der Waals surface area contributed by atoms with E-state index in [1.54, 1.807) is 12.4 Å². The minimum atomic E-state index is -0.690. The van der Waals surface area contributed by atoms with E-state index in [1.165, 1.54) is 11.0 Å². The van der Waals surface area contributed by atoms with E-state index in [-0.39, 0.29) is 30.7 Å². The Morgan fingerprint density at radius 1 is 1.13 bits per heavy atom. The van der Waals surface area contributed by atoms with Crippen LogP contribution in [-0.4, -0.2) is 56.6 Å². The summed E-state index contributed by atoms with van der Waals surface area (Å²) in [6.07, 6.45) is 5.73. The van der Waals surface area contributed by atoms with Gasteiger partial charge < -0.3 is 9.88 Å². The van der Waals surface area contributed by atoms with Crippen molar-refractivity contribution in [1.82, 2.24) is 25.1 Å². The summed E-state index contributed by atoms with van der Waals surface area (Å²) in [4.78, 5) is 47.8. The molecule has 0 radical (unpaired) electrons. The fourth-order valence-corrected chi connectivity index (χ4v) is 5.03. The van der Waals surface area contributed by atoms with Crippen LogP contribution in [0.25, 0.3) is 0 Å². The molecule has 4 heterocycles. The van der Waals surface area contributed by atoms with Crippen molar-refractivity contribution in [2.24, 2.45) is 0 Å². The predicted octanol–water partition coefficient (Wildman–Crippen LogP) is 1.69. The van der Waals surface area contributed by atoms with Crippen molar-refractivity contribution in [1.29, 1.82) is 0 Å². The van der Waals surface area contributed by atoms with Crippen LogP contribution in [0.4, 0.5) is 4.39 Å². The molecule has 9 heteroatoms. The second-order valence-corrected chi connectivity index (χ2v) is 8.55. The number of carbonyl (C=O) groups is 3. The summed E-state index contributed by atoms with van der Waals surface area (Å²) >= 11 is 0. The fraction of sp³-hybridized carbons (Fsp3) is 0.455. The molecule has 2 N–H and O–H groups in total. The third-order valence-electron chi connectivity index (χ3n) is 6.63. The first-order chi connectivity index (χ1) is 15.0. The lowest BCUT2D eigenvalue weighted by Crippen LogP contribution is -2.52. The van der Waals surface area contributed by atoms with Gasteiger partial charge in [0.2, 0.25) is 11.8 Å². The number of imide groups is 1. The number of hydrogen-bond donors (Lipinski definition) is 2. The molecule has 3 amide bonds. The van der Waals surface area contributed by atoms with Crippen molar-refractivity contribution < 1.29 is 18.8 Å². The van der Waals surface area contributed by atoms with E-state index in [2.05, 4.69) is 20.2 Å². The van der Waals surface area contributed by atoms with E-state index in [0.717, 1.165) is 49.3 Å². The Balaban J connectivity index is 1.34. The van der Waals surface area contributed by atoms with Gasteiger partial charge >= 0.3 is 0 Å². The number of fused-ring (bicyclic) bond motifs is 1. The van der Waals surface area contributed by atoms with Gasteiger partial charge in [-0.05, 0) is 61.5 Å². The normalized spacial score (nSPS) is 22.7. The zero-order chi connectivity index (χ0) is 21.5. The zero-order valence-corrected chi connectivity index (χ0v) is 17.1. The van der Waals surface area contributed by atoms with Gasteiger partial charge in [0, 0.05) is 37.0 Å². The summed E-state index contributed by atoms with van der Waals surface area (Å²) < 4.78 is 14.5. The Hall–Kier alpha value is -3.07. The molecule has 162 valence electrons. The summed E-state index contributed by atoms with van der Waals surface area (Å²) in [6.45, 7) is 2.83. The number of rotatable bonds is 4. The molecule has 31 heavy (non-hydrogen) atoms. The van der Waals surface area contributed by atoms with Crippen molar-refractivity contribution in [3.05, 3.63) is 52.9 Å². The van der Waals surface area contributed by atoms with Gasteiger partial charge in [0.15, 0.2) is 0 Å². The van der Waals surface area contributed by atoms with Crippen molar-refractivity contribution in [3.63, 3.8) is 0 Å². The minimum absolute atomic E-state index is 0.164. The lowest BCUT2D eigenvalue weighted by Gasteiger charge is -2.33. The molecule has 2 fully saturated rings. The highest BCUT2D eigenvalue weighted by Gasteiger charge is 2.41. The van der Waals surface area contributed by atoms with Crippen molar-refractivity contribution in [2.75, 3.05) is 13.1 Å². The Labute approximate surface area is 178 Å². The van der Waals surface area contributed by atoms with Crippen LogP contribution in [0.3, 0.4) is 0 Å². The highest BCUT2D eigenvalue weighted by atomic mass is 19.1. The third kappa shape index (κ3) is 3.74. The molecule has 2 aromatic rings. The lowest BCUT2D eigenvalue weighted by atomic mass is 9.85. The molecular formula is C22H24FN5O3. The number of imidazole rings is 1. The van der Waals surface area contributed by atoms with Gasteiger partial charge in [-0.1, -0.05) is 0 Å². The SMILES string of the molecule is O=C1CCC(N2Cc3c(cc(F)cc3C3CCN(Cc4cnc[nH]4)CC3)C2=O)C(=O)N1. The number of benzene rings is 1. The fourth-order valence-electron chi connectivity index (χ4n) is 5.03. The van der Waals surface area contributed by atoms with Gasteiger partial charge in [-0.2, -0.15) is 0 Å². The van der Waals surface area contributed by atoms with E-state index in [4.69, 9.17) is 0 Å². The maximum absolute atomic E-state index is 14.5. The number of halogens is 1. The van der Waals surface area contributed by atoms with Gasteiger partial charge in [0.25, 0.3) is 5.91 Å². The number of nitrogens with zero attached hydrogens (tertiary/aromatic N) is 3. The predicted molar refractivity (Wildman–Crippen MR) is 108 cm³/mol. The number of piperidine rings is 2. The van der Waals surface area contributed by atoms with Crippen molar-refractivity contribution in [3.8, 4) is 0 Å². The van der Waals surface area contributed by atoms with Crippen molar-refractivity contribution >= 4 is 17.7 Å². The quantitative estimate of drug-likeness (QED) is 0.727. The molecule has 8 nitrogen and oxygen atoms in total. The number of aromatic nitrogens is 2. The average Bonchev–Trinajstić information content (AvgIpc) is 3.37. The van der Waals surface area contributed by atoms with Gasteiger partial charge in [-0.3, -0.25) is 24.6 Å². The maximum atomic E-state index is 14.5. The minimum Gasteiger partial charge on any atom is -0.347 e. The summed E-state index contributed by atoms with van der Waals surface area (Å²) in [5, 5.41) is 2.31. The van der Waals surface area contributed by atoms with E-state index in [0.29, 0.717) is 12.0 Å². The highest BCUT2D eigenvalue weighted by molar-refractivity contribution is 6.05. The summed E-state index contributed by atoms with van der Waals surface area (Å²) in [7, 11) is 0.